The van der Waals surface area contributed by atoms with Gasteiger partial charge in [0.15, 0.2) is 0 Å². The highest BCUT2D eigenvalue weighted by molar-refractivity contribution is 5.27. The van der Waals surface area contributed by atoms with Gasteiger partial charge in [-0.25, -0.2) is 0 Å². The van der Waals surface area contributed by atoms with Crippen LogP contribution in [-0.2, 0) is 6.42 Å². The zero-order chi connectivity index (χ0) is 10.5. The van der Waals surface area contributed by atoms with E-state index in [2.05, 4.69) is 11.4 Å². The fourth-order valence-electron chi connectivity index (χ4n) is 2.25. The summed E-state index contributed by atoms with van der Waals surface area (Å²) in [5.41, 5.74) is 1.25. The maximum atomic E-state index is 9.34. The van der Waals surface area contributed by atoms with E-state index in [1.807, 2.05) is 12.1 Å². The monoisotopic (exact) mass is 205 g/mol. The molecule has 1 aromatic rings. The number of phenolic OH excluding ortho intramolecular Hbond substituents is 1. The highest BCUT2D eigenvalue weighted by Crippen LogP contribution is 2.18. The van der Waals surface area contributed by atoms with Crippen LogP contribution in [0.3, 0.4) is 0 Å². The van der Waals surface area contributed by atoms with Crippen molar-refractivity contribution in [1.29, 1.82) is 0 Å². The molecule has 1 fully saturated rings. The van der Waals surface area contributed by atoms with Crippen LogP contribution in [0.2, 0.25) is 0 Å². The minimum Gasteiger partial charge on any atom is -0.508 e. The lowest BCUT2D eigenvalue weighted by Crippen LogP contribution is -2.29. The molecule has 15 heavy (non-hydrogen) atoms. The van der Waals surface area contributed by atoms with E-state index < -0.39 is 0 Å². The van der Waals surface area contributed by atoms with Crippen LogP contribution in [0, 0.1) is 5.92 Å². The predicted octanol–water partition coefficient (Wildman–Crippen LogP) is 2.32. The summed E-state index contributed by atoms with van der Waals surface area (Å²) in [5.74, 6) is 1.20. The van der Waals surface area contributed by atoms with Crippen LogP contribution in [0.15, 0.2) is 24.3 Å². The second-order valence-electron chi connectivity index (χ2n) is 4.42. The Morgan fingerprint density at radius 1 is 1.40 bits per heavy atom. The summed E-state index contributed by atoms with van der Waals surface area (Å²) < 4.78 is 0. The number of rotatable bonds is 3. The number of hydrogen-bond donors (Lipinski definition) is 2. The minimum absolute atomic E-state index is 0.384. The Kier molecular flexibility index (Phi) is 3.62. The number of phenols is 1. The molecule has 1 heterocycles. The average Bonchev–Trinajstić information content (AvgIpc) is 2.28. The summed E-state index contributed by atoms with van der Waals surface area (Å²) in [6.07, 6.45) is 4.98. The molecule has 2 nitrogen and oxygen atoms in total. The molecule has 1 aliphatic rings. The van der Waals surface area contributed by atoms with E-state index in [9.17, 15) is 5.11 Å². The first-order valence-corrected chi connectivity index (χ1v) is 5.83. The van der Waals surface area contributed by atoms with E-state index in [0.29, 0.717) is 5.75 Å². The summed E-state index contributed by atoms with van der Waals surface area (Å²) in [5, 5.41) is 12.8. The van der Waals surface area contributed by atoms with Crippen LogP contribution in [-0.4, -0.2) is 18.2 Å². The van der Waals surface area contributed by atoms with Crippen molar-refractivity contribution in [2.75, 3.05) is 13.1 Å². The van der Waals surface area contributed by atoms with Crippen LogP contribution >= 0.6 is 0 Å². The molecule has 82 valence electrons. The molecule has 2 heteroatoms. The summed E-state index contributed by atoms with van der Waals surface area (Å²) in [7, 11) is 0. The Bertz CT molecular complexity index is 305. The zero-order valence-corrected chi connectivity index (χ0v) is 9.08. The molecule has 0 amide bonds. The molecule has 2 rings (SSSR count). The summed E-state index contributed by atoms with van der Waals surface area (Å²) in [6, 6.07) is 7.61. The van der Waals surface area contributed by atoms with E-state index in [1.54, 1.807) is 6.07 Å². The molecule has 1 atom stereocenters. The lowest BCUT2D eigenvalue weighted by Gasteiger charge is -2.22. The summed E-state index contributed by atoms with van der Waals surface area (Å²) in [4.78, 5) is 0. The van der Waals surface area contributed by atoms with Crippen molar-refractivity contribution in [2.45, 2.75) is 25.7 Å². The average molecular weight is 205 g/mol. The second-order valence-corrected chi connectivity index (χ2v) is 4.42. The molecule has 0 aliphatic carbocycles. The van der Waals surface area contributed by atoms with Crippen molar-refractivity contribution >= 4 is 0 Å². The molecule has 0 aromatic heterocycles. The topological polar surface area (TPSA) is 32.3 Å². The molecular formula is C13H19NO. The van der Waals surface area contributed by atoms with Crippen LogP contribution in [0.1, 0.15) is 24.8 Å². The molecule has 0 saturated carbocycles. The molecule has 0 bridgehead atoms. The SMILES string of the molecule is Oc1cccc(CCC2CCCNC2)c1. The van der Waals surface area contributed by atoms with Gasteiger partial charge in [-0.05, 0) is 62.4 Å². The van der Waals surface area contributed by atoms with Crippen LogP contribution in [0.4, 0.5) is 0 Å². The van der Waals surface area contributed by atoms with Gasteiger partial charge in [0.05, 0.1) is 0 Å². The third kappa shape index (κ3) is 3.24. The van der Waals surface area contributed by atoms with Crippen molar-refractivity contribution in [3.05, 3.63) is 29.8 Å². The van der Waals surface area contributed by atoms with E-state index in [1.165, 1.54) is 37.9 Å². The van der Waals surface area contributed by atoms with Crippen LogP contribution in [0.25, 0.3) is 0 Å². The molecule has 0 spiro atoms. The van der Waals surface area contributed by atoms with E-state index in [0.717, 1.165) is 12.3 Å². The minimum atomic E-state index is 0.384. The molecule has 1 aliphatic heterocycles. The smallest absolute Gasteiger partial charge is 0.115 e. The Morgan fingerprint density at radius 2 is 2.33 bits per heavy atom. The van der Waals surface area contributed by atoms with Crippen LogP contribution < -0.4 is 5.32 Å². The Balaban J connectivity index is 1.81. The lowest BCUT2D eigenvalue weighted by molar-refractivity contribution is 0.358. The molecule has 2 N–H and O–H groups in total. The van der Waals surface area contributed by atoms with Gasteiger partial charge in [0, 0.05) is 0 Å². The number of nitrogens with one attached hydrogen (secondary N) is 1. The predicted molar refractivity (Wildman–Crippen MR) is 62.0 cm³/mol. The largest absolute Gasteiger partial charge is 0.508 e. The first-order chi connectivity index (χ1) is 7.34. The molecule has 1 saturated heterocycles. The van der Waals surface area contributed by atoms with Crippen LogP contribution in [0.5, 0.6) is 5.75 Å². The van der Waals surface area contributed by atoms with Gasteiger partial charge in [0.1, 0.15) is 5.75 Å². The lowest BCUT2D eigenvalue weighted by atomic mass is 9.93. The van der Waals surface area contributed by atoms with Gasteiger partial charge in [0.2, 0.25) is 0 Å². The molecule has 1 aromatic carbocycles. The van der Waals surface area contributed by atoms with Crippen molar-refractivity contribution in [1.82, 2.24) is 5.32 Å². The molecular weight excluding hydrogens is 186 g/mol. The zero-order valence-electron chi connectivity index (χ0n) is 9.08. The Hall–Kier alpha value is -1.02. The standard InChI is InChI=1S/C13H19NO/c15-13-5-1-3-11(9-13)6-7-12-4-2-8-14-10-12/h1,3,5,9,12,14-15H,2,4,6-8,10H2. The van der Waals surface area contributed by atoms with Crippen molar-refractivity contribution in [3.63, 3.8) is 0 Å². The summed E-state index contributed by atoms with van der Waals surface area (Å²) in [6.45, 7) is 2.35. The highest BCUT2D eigenvalue weighted by atomic mass is 16.3. The van der Waals surface area contributed by atoms with Gasteiger partial charge in [-0.15, -0.1) is 0 Å². The van der Waals surface area contributed by atoms with E-state index >= 15 is 0 Å². The quantitative estimate of drug-likeness (QED) is 0.793. The third-order valence-electron chi connectivity index (χ3n) is 3.15. The van der Waals surface area contributed by atoms with E-state index in [4.69, 9.17) is 0 Å². The Labute approximate surface area is 91.3 Å². The van der Waals surface area contributed by atoms with Gasteiger partial charge in [-0.1, -0.05) is 12.1 Å². The van der Waals surface area contributed by atoms with Gasteiger partial charge in [-0.3, -0.25) is 0 Å². The maximum absolute atomic E-state index is 9.34. The number of hydrogen-bond acceptors (Lipinski definition) is 2. The third-order valence-corrected chi connectivity index (χ3v) is 3.15. The van der Waals surface area contributed by atoms with Gasteiger partial charge in [0.25, 0.3) is 0 Å². The van der Waals surface area contributed by atoms with Gasteiger partial charge in [-0.2, -0.15) is 0 Å². The number of benzene rings is 1. The first-order valence-electron chi connectivity index (χ1n) is 5.83. The second kappa shape index (κ2) is 5.17. The number of aromatic hydroxyl groups is 1. The normalized spacial score (nSPS) is 21.5. The molecule has 1 unspecified atom stereocenters. The molecule has 0 radical (unpaired) electrons. The first kappa shape index (κ1) is 10.5. The number of aryl methyl sites for hydroxylation is 1. The fraction of sp³-hybridized carbons (Fsp3) is 0.538. The summed E-state index contributed by atoms with van der Waals surface area (Å²) >= 11 is 0. The van der Waals surface area contributed by atoms with Crippen molar-refractivity contribution < 1.29 is 5.11 Å². The highest BCUT2D eigenvalue weighted by Gasteiger charge is 2.12. The number of piperidine rings is 1. The maximum Gasteiger partial charge on any atom is 0.115 e. The van der Waals surface area contributed by atoms with Gasteiger partial charge < -0.3 is 10.4 Å². The van der Waals surface area contributed by atoms with Crippen molar-refractivity contribution in [2.24, 2.45) is 5.92 Å². The Morgan fingerprint density at radius 3 is 3.07 bits per heavy atom. The van der Waals surface area contributed by atoms with Gasteiger partial charge >= 0.3 is 0 Å². The van der Waals surface area contributed by atoms with Crippen molar-refractivity contribution in [3.8, 4) is 5.75 Å². The fourth-order valence-corrected chi connectivity index (χ4v) is 2.25. The van der Waals surface area contributed by atoms with E-state index in [-0.39, 0.29) is 0 Å².